The lowest BCUT2D eigenvalue weighted by Gasteiger charge is -2.18. The quantitative estimate of drug-likeness (QED) is 0.769. The Kier molecular flexibility index (Phi) is 4.68. The van der Waals surface area contributed by atoms with Crippen LogP contribution < -0.4 is 5.32 Å². The summed E-state index contributed by atoms with van der Waals surface area (Å²) in [6.45, 7) is 4.18. The molecule has 1 N–H and O–H groups in total. The fraction of sp³-hybridized carbons (Fsp3) is 0.385. The van der Waals surface area contributed by atoms with E-state index in [1.807, 2.05) is 24.3 Å². The van der Waals surface area contributed by atoms with E-state index in [4.69, 9.17) is 18.0 Å². The van der Waals surface area contributed by atoms with Gasteiger partial charge in [-0.05, 0) is 31.0 Å². The van der Waals surface area contributed by atoms with Crippen molar-refractivity contribution >= 4 is 11.6 Å². The Balaban J connectivity index is 2.65. The SMILES string of the molecule is C#CC(CC)N[C@H](C)c1ccc(Cl)cc1. The normalized spacial score (nSPS) is 14.3. The average Bonchev–Trinajstić information content (AvgIpc) is 2.26. The summed E-state index contributed by atoms with van der Waals surface area (Å²) in [5.41, 5.74) is 1.20. The van der Waals surface area contributed by atoms with E-state index in [9.17, 15) is 0 Å². The molecule has 0 aliphatic carbocycles. The molecule has 1 nitrogen and oxygen atoms in total. The van der Waals surface area contributed by atoms with Crippen LogP contribution in [0.4, 0.5) is 0 Å². The molecule has 80 valence electrons. The summed E-state index contributed by atoms with van der Waals surface area (Å²) in [7, 11) is 0. The van der Waals surface area contributed by atoms with Crippen molar-refractivity contribution in [3.63, 3.8) is 0 Å². The highest BCUT2D eigenvalue weighted by Gasteiger charge is 2.08. The topological polar surface area (TPSA) is 12.0 Å². The van der Waals surface area contributed by atoms with Gasteiger partial charge in [0.05, 0.1) is 6.04 Å². The Hall–Kier alpha value is -0.970. The van der Waals surface area contributed by atoms with E-state index in [0.717, 1.165) is 11.4 Å². The van der Waals surface area contributed by atoms with Gasteiger partial charge in [0.15, 0.2) is 0 Å². The minimum atomic E-state index is 0.135. The minimum absolute atomic E-state index is 0.135. The Morgan fingerprint density at radius 3 is 2.47 bits per heavy atom. The lowest BCUT2D eigenvalue weighted by atomic mass is 10.1. The van der Waals surface area contributed by atoms with E-state index in [2.05, 4.69) is 25.1 Å². The summed E-state index contributed by atoms with van der Waals surface area (Å²) in [4.78, 5) is 0. The summed E-state index contributed by atoms with van der Waals surface area (Å²) in [6, 6.07) is 8.21. The molecule has 0 spiro atoms. The molecule has 2 heteroatoms. The number of hydrogen-bond donors (Lipinski definition) is 1. The zero-order chi connectivity index (χ0) is 11.3. The van der Waals surface area contributed by atoms with Gasteiger partial charge >= 0.3 is 0 Å². The molecule has 0 saturated heterocycles. The number of rotatable bonds is 4. The molecule has 1 unspecified atom stereocenters. The van der Waals surface area contributed by atoms with Gasteiger partial charge in [0, 0.05) is 11.1 Å². The van der Waals surface area contributed by atoms with Crippen molar-refractivity contribution in [1.82, 2.24) is 5.32 Å². The van der Waals surface area contributed by atoms with Crippen molar-refractivity contribution in [2.24, 2.45) is 0 Å². The summed E-state index contributed by atoms with van der Waals surface area (Å²) in [5.74, 6) is 2.73. The number of nitrogens with one attached hydrogen (secondary N) is 1. The van der Waals surface area contributed by atoms with Crippen molar-refractivity contribution < 1.29 is 0 Å². The maximum Gasteiger partial charge on any atom is 0.0688 e. The molecule has 0 saturated carbocycles. The second-order valence-electron chi connectivity index (χ2n) is 3.57. The zero-order valence-corrected chi connectivity index (χ0v) is 9.88. The summed E-state index contributed by atoms with van der Waals surface area (Å²) in [5, 5.41) is 4.13. The Labute approximate surface area is 96.8 Å². The molecule has 0 radical (unpaired) electrons. The van der Waals surface area contributed by atoms with Gasteiger partial charge in [-0.15, -0.1) is 6.42 Å². The van der Waals surface area contributed by atoms with Crippen LogP contribution in [0.15, 0.2) is 24.3 Å². The molecule has 15 heavy (non-hydrogen) atoms. The zero-order valence-electron chi connectivity index (χ0n) is 9.13. The molecule has 1 aromatic carbocycles. The second-order valence-corrected chi connectivity index (χ2v) is 4.00. The fourth-order valence-corrected chi connectivity index (χ4v) is 1.56. The predicted octanol–water partition coefficient (Wildman–Crippen LogP) is 3.40. The third kappa shape index (κ3) is 3.58. The first-order valence-corrected chi connectivity index (χ1v) is 5.52. The number of terminal acetylenes is 1. The van der Waals surface area contributed by atoms with E-state index < -0.39 is 0 Å². The highest BCUT2D eigenvalue weighted by atomic mass is 35.5. The lowest BCUT2D eigenvalue weighted by Crippen LogP contribution is -2.29. The average molecular weight is 222 g/mol. The first-order valence-electron chi connectivity index (χ1n) is 5.15. The van der Waals surface area contributed by atoms with Crippen LogP contribution in [0.2, 0.25) is 5.02 Å². The molecule has 0 aliphatic heterocycles. The van der Waals surface area contributed by atoms with Crippen LogP contribution in [0, 0.1) is 12.3 Å². The van der Waals surface area contributed by atoms with Crippen molar-refractivity contribution in [2.75, 3.05) is 0 Å². The van der Waals surface area contributed by atoms with E-state index in [-0.39, 0.29) is 12.1 Å². The van der Waals surface area contributed by atoms with Gasteiger partial charge in [-0.1, -0.05) is 36.6 Å². The Morgan fingerprint density at radius 2 is 2.00 bits per heavy atom. The third-order valence-corrected chi connectivity index (χ3v) is 2.68. The third-order valence-electron chi connectivity index (χ3n) is 2.43. The summed E-state index contributed by atoms with van der Waals surface area (Å²) in [6.07, 6.45) is 6.34. The second kappa shape index (κ2) is 5.80. The molecule has 1 rings (SSSR count). The van der Waals surface area contributed by atoms with Gasteiger partial charge in [-0.3, -0.25) is 5.32 Å². The van der Waals surface area contributed by atoms with Crippen LogP contribution in [0.3, 0.4) is 0 Å². The van der Waals surface area contributed by atoms with Crippen LogP contribution >= 0.6 is 11.6 Å². The predicted molar refractivity (Wildman–Crippen MR) is 65.9 cm³/mol. The molecule has 0 amide bonds. The number of hydrogen-bond acceptors (Lipinski definition) is 1. The highest BCUT2D eigenvalue weighted by molar-refractivity contribution is 6.30. The molecular weight excluding hydrogens is 206 g/mol. The maximum atomic E-state index is 5.82. The van der Waals surface area contributed by atoms with Gasteiger partial charge in [0.2, 0.25) is 0 Å². The Bertz CT molecular complexity index is 337. The van der Waals surface area contributed by atoms with E-state index in [1.165, 1.54) is 5.56 Å². The lowest BCUT2D eigenvalue weighted by molar-refractivity contribution is 0.512. The van der Waals surface area contributed by atoms with Gasteiger partial charge in [0.25, 0.3) is 0 Å². The molecule has 1 aromatic rings. The van der Waals surface area contributed by atoms with E-state index >= 15 is 0 Å². The molecule has 0 bridgehead atoms. The van der Waals surface area contributed by atoms with E-state index in [1.54, 1.807) is 0 Å². The van der Waals surface area contributed by atoms with Crippen molar-refractivity contribution in [3.05, 3.63) is 34.9 Å². The van der Waals surface area contributed by atoms with Crippen LogP contribution in [0.25, 0.3) is 0 Å². The molecular formula is C13H16ClN. The van der Waals surface area contributed by atoms with Crippen LogP contribution in [0.5, 0.6) is 0 Å². The summed E-state index contributed by atoms with van der Waals surface area (Å²) < 4.78 is 0. The first kappa shape index (κ1) is 12.1. The van der Waals surface area contributed by atoms with E-state index in [0.29, 0.717) is 0 Å². The largest absolute Gasteiger partial charge is 0.297 e. The van der Waals surface area contributed by atoms with Gasteiger partial charge in [0.1, 0.15) is 0 Å². The Morgan fingerprint density at radius 1 is 1.40 bits per heavy atom. The van der Waals surface area contributed by atoms with Crippen LogP contribution in [-0.2, 0) is 0 Å². The summed E-state index contributed by atoms with van der Waals surface area (Å²) >= 11 is 5.82. The number of halogens is 1. The molecule has 0 aliphatic rings. The molecule has 2 atom stereocenters. The van der Waals surface area contributed by atoms with Crippen molar-refractivity contribution in [1.29, 1.82) is 0 Å². The smallest absolute Gasteiger partial charge is 0.0688 e. The standard InChI is InChI=1S/C13H16ClN/c1-4-13(5-2)15-10(3)11-6-8-12(14)9-7-11/h1,6-10,13,15H,5H2,2-3H3/t10-,13?/m1/s1. The van der Waals surface area contributed by atoms with Crippen LogP contribution in [-0.4, -0.2) is 6.04 Å². The van der Waals surface area contributed by atoms with Crippen molar-refractivity contribution in [2.45, 2.75) is 32.4 Å². The van der Waals surface area contributed by atoms with Crippen LogP contribution in [0.1, 0.15) is 31.9 Å². The minimum Gasteiger partial charge on any atom is -0.297 e. The first-order chi connectivity index (χ1) is 7.17. The van der Waals surface area contributed by atoms with Gasteiger partial charge in [-0.25, -0.2) is 0 Å². The van der Waals surface area contributed by atoms with Gasteiger partial charge in [-0.2, -0.15) is 0 Å². The molecule has 0 fully saturated rings. The maximum absolute atomic E-state index is 5.82. The fourth-order valence-electron chi connectivity index (χ4n) is 1.43. The molecule has 0 heterocycles. The number of benzene rings is 1. The monoisotopic (exact) mass is 221 g/mol. The van der Waals surface area contributed by atoms with Gasteiger partial charge < -0.3 is 0 Å². The highest BCUT2D eigenvalue weighted by Crippen LogP contribution is 2.16. The molecule has 0 aromatic heterocycles. The van der Waals surface area contributed by atoms with Crippen molar-refractivity contribution in [3.8, 4) is 12.3 Å².